The lowest BCUT2D eigenvalue weighted by atomic mass is 10.2. The summed E-state index contributed by atoms with van der Waals surface area (Å²) in [6, 6.07) is 5.48. The van der Waals surface area contributed by atoms with Gasteiger partial charge in [0.25, 0.3) is 0 Å². The molecule has 1 aliphatic rings. The molecule has 1 aromatic carbocycles. The number of hydrogen-bond acceptors (Lipinski definition) is 4. The van der Waals surface area contributed by atoms with E-state index in [4.69, 9.17) is 5.11 Å². The number of sulfonamides is 1. The molecule has 0 amide bonds. The number of carboxylic acids is 1. The van der Waals surface area contributed by atoms with Gasteiger partial charge in [-0.3, -0.25) is 0 Å². The van der Waals surface area contributed by atoms with E-state index < -0.39 is 16.0 Å². The van der Waals surface area contributed by atoms with Crippen LogP contribution in [-0.2, 0) is 10.0 Å². The minimum atomic E-state index is -3.65. The minimum Gasteiger partial charge on any atom is -0.478 e. The molecule has 7 heteroatoms. The highest BCUT2D eigenvalue weighted by Gasteiger charge is 2.35. The van der Waals surface area contributed by atoms with Crippen LogP contribution >= 0.6 is 0 Å². The summed E-state index contributed by atoms with van der Waals surface area (Å²) in [6.45, 7) is 1.15. The molecule has 21 heavy (non-hydrogen) atoms. The first kappa shape index (κ1) is 15.9. The summed E-state index contributed by atoms with van der Waals surface area (Å²) >= 11 is 0. The van der Waals surface area contributed by atoms with Crippen molar-refractivity contribution >= 4 is 16.0 Å². The van der Waals surface area contributed by atoms with Crippen molar-refractivity contribution in [1.82, 2.24) is 9.21 Å². The summed E-state index contributed by atoms with van der Waals surface area (Å²) in [4.78, 5) is 13.0. The molecular weight excluding hydrogens is 292 g/mol. The van der Waals surface area contributed by atoms with E-state index in [1.165, 1.54) is 28.6 Å². The maximum atomic E-state index is 12.7. The zero-order valence-electron chi connectivity index (χ0n) is 12.2. The largest absolute Gasteiger partial charge is 0.478 e. The van der Waals surface area contributed by atoms with E-state index in [1.54, 1.807) is 0 Å². The van der Waals surface area contributed by atoms with Gasteiger partial charge in [0.15, 0.2) is 0 Å². The quantitative estimate of drug-likeness (QED) is 0.881. The van der Waals surface area contributed by atoms with Gasteiger partial charge in [0.05, 0.1) is 10.5 Å². The van der Waals surface area contributed by atoms with E-state index in [0.29, 0.717) is 13.1 Å². The molecule has 0 aliphatic carbocycles. The van der Waals surface area contributed by atoms with Gasteiger partial charge in [-0.2, -0.15) is 4.31 Å². The summed E-state index contributed by atoms with van der Waals surface area (Å²) in [5.41, 5.74) is -0.0144. The van der Waals surface area contributed by atoms with Gasteiger partial charge in [-0.1, -0.05) is 6.07 Å². The monoisotopic (exact) mass is 312 g/mol. The Morgan fingerprint density at radius 3 is 2.76 bits per heavy atom. The van der Waals surface area contributed by atoms with Crippen LogP contribution in [0.3, 0.4) is 0 Å². The highest BCUT2D eigenvalue weighted by molar-refractivity contribution is 7.89. The highest BCUT2D eigenvalue weighted by Crippen LogP contribution is 2.26. The van der Waals surface area contributed by atoms with Crippen LogP contribution in [0.25, 0.3) is 0 Å². The Morgan fingerprint density at radius 1 is 1.43 bits per heavy atom. The van der Waals surface area contributed by atoms with Gasteiger partial charge in [0.1, 0.15) is 0 Å². The van der Waals surface area contributed by atoms with Crippen molar-refractivity contribution in [3.05, 3.63) is 29.8 Å². The average Bonchev–Trinajstić information content (AvgIpc) is 2.86. The predicted octanol–water partition coefficient (Wildman–Crippen LogP) is 1.10. The second kappa shape index (κ2) is 6.13. The van der Waals surface area contributed by atoms with E-state index in [1.807, 2.05) is 19.0 Å². The van der Waals surface area contributed by atoms with Crippen molar-refractivity contribution in [2.75, 3.05) is 27.2 Å². The molecule has 1 atom stereocenters. The van der Waals surface area contributed by atoms with Crippen molar-refractivity contribution < 1.29 is 18.3 Å². The molecule has 1 saturated heterocycles. The summed E-state index contributed by atoms with van der Waals surface area (Å²) in [5, 5.41) is 9.00. The third kappa shape index (κ3) is 3.42. The molecule has 1 unspecified atom stereocenters. The Morgan fingerprint density at radius 2 is 2.14 bits per heavy atom. The molecule has 2 rings (SSSR count). The second-order valence-electron chi connectivity index (χ2n) is 5.51. The number of likely N-dealkylation sites (N-methyl/N-ethyl adjacent to an activating group) is 1. The number of benzene rings is 1. The lowest BCUT2D eigenvalue weighted by Gasteiger charge is -2.26. The normalized spacial score (nSPS) is 20.0. The number of carboxylic acid groups (broad SMARTS) is 1. The molecule has 6 nitrogen and oxygen atoms in total. The number of nitrogens with zero attached hydrogens (tertiary/aromatic N) is 2. The summed E-state index contributed by atoms with van der Waals surface area (Å²) in [7, 11) is 0.176. The number of hydrogen-bond donors (Lipinski definition) is 1. The third-order valence-electron chi connectivity index (χ3n) is 3.59. The lowest BCUT2D eigenvalue weighted by molar-refractivity contribution is 0.0696. The van der Waals surface area contributed by atoms with Crippen molar-refractivity contribution in [3.63, 3.8) is 0 Å². The summed E-state index contributed by atoms with van der Waals surface area (Å²) in [5.74, 6) is -1.13. The number of aromatic carboxylic acids is 1. The molecule has 0 saturated carbocycles. The first-order chi connectivity index (χ1) is 9.82. The molecule has 1 heterocycles. The van der Waals surface area contributed by atoms with Crippen LogP contribution in [0.4, 0.5) is 0 Å². The zero-order valence-corrected chi connectivity index (χ0v) is 13.0. The van der Waals surface area contributed by atoms with Gasteiger partial charge >= 0.3 is 5.97 Å². The molecule has 1 aromatic rings. The van der Waals surface area contributed by atoms with E-state index >= 15 is 0 Å². The van der Waals surface area contributed by atoms with E-state index in [2.05, 4.69) is 0 Å². The first-order valence-electron chi connectivity index (χ1n) is 6.82. The van der Waals surface area contributed by atoms with Gasteiger partial charge in [-0.05, 0) is 45.1 Å². The van der Waals surface area contributed by atoms with Gasteiger partial charge in [-0.15, -0.1) is 0 Å². The second-order valence-corrected chi connectivity index (χ2v) is 7.40. The molecule has 1 fully saturated rings. The summed E-state index contributed by atoms with van der Waals surface area (Å²) < 4.78 is 26.9. The Hall–Kier alpha value is -1.44. The van der Waals surface area contributed by atoms with Crippen molar-refractivity contribution in [2.24, 2.45) is 0 Å². The van der Waals surface area contributed by atoms with Crippen molar-refractivity contribution in [2.45, 2.75) is 23.8 Å². The fraction of sp³-hybridized carbons (Fsp3) is 0.500. The van der Waals surface area contributed by atoms with Crippen LogP contribution in [-0.4, -0.2) is 61.9 Å². The topological polar surface area (TPSA) is 77.9 Å². The Balaban J connectivity index is 2.33. The molecule has 116 valence electrons. The fourth-order valence-corrected chi connectivity index (χ4v) is 4.39. The minimum absolute atomic E-state index is 0.0144. The standard InChI is InChI=1S/C14H20N2O4S/c1-15(2)10-12-6-4-8-16(12)21(19,20)13-7-3-5-11(9-13)14(17)18/h3,5,7,9,12H,4,6,8,10H2,1-2H3,(H,17,18). The highest BCUT2D eigenvalue weighted by atomic mass is 32.2. The predicted molar refractivity (Wildman–Crippen MR) is 78.9 cm³/mol. The average molecular weight is 312 g/mol. The van der Waals surface area contributed by atoms with Crippen molar-refractivity contribution in [1.29, 1.82) is 0 Å². The fourth-order valence-electron chi connectivity index (χ4n) is 2.65. The lowest BCUT2D eigenvalue weighted by Crippen LogP contribution is -2.41. The van der Waals surface area contributed by atoms with E-state index in [-0.39, 0.29) is 16.5 Å². The van der Waals surface area contributed by atoms with Crippen LogP contribution in [0.5, 0.6) is 0 Å². The van der Waals surface area contributed by atoms with E-state index in [9.17, 15) is 13.2 Å². The maximum absolute atomic E-state index is 12.7. The molecule has 1 aliphatic heterocycles. The van der Waals surface area contributed by atoms with Crippen LogP contribution in [0.1, 0.15) is 23.2 Å². The first-order valence-corrected chi connectivity index (χ1v) is 8.26. The van der Waals surface area contributed by atoms with Crippen LogP contribution in [0.2, 0.25) is 0 Å². The van der Waals surface area contributed by atoms with Gasteiger partial charge in [0, 0.05) is 19.1 Å². The molecule has 1 N–H and O–H groups in total. The number of carbonyl (C=O) groups is 1. The van der Waals surface area contributed by atoms with Crippen LogP contribution < -0.4 is 0 Å². The van der Waals surface area contributed by atoms with Gasteiger partial charge in [0.2, 0.25) is 10.0 Å². The van der Waals surface area contributed by atoms with Crippen molar-refractivity contribution in [3.8, 4) is 0 Å². The van der Waals surface area contributed by atoms with Gasteiger partial charge < -0.3 is 10.0 Å². The number of rotatable bonds is 5. The van der Waals surface area contributed by atoms with Crippen LogP contribution in [0, 0.1) is 0 Å². The smallest absolute Gasteiger partial charge is 0.335 e. The third-order valence-corrected chi connectivity index (χ3v) is 5.53. The van der Waals surface area contributed by atoms with Gasteiger partial charge in [-0.25, -0.2) is 13.2 Å². The molecule has 0 bridgehead atoms. The SMILES string of the molecule is CN(C)CC1CCCN1S(=O)(=O)c1cccc(C(=O)O)c1. The zero-order chi connectivity index (χ0) is 15.6. The van der Waals surface area contributed by atoms with E-state index in [0.717, 1.165) is 12.8 Å². The molecular formula is C14H20N2O4S. The molecule has 0 radical (unpaired) electrons. The summed E-state index contributed by atoms with van der Waals surface area (Å²) in [6.07, 6.45) is 1.66. The Labute approximate surface area is 125 Å². The molecule has 0 spiro atoms. The Kier molecular flexibility index (Phi) is 4.65. The maximum Gasteiger partial charge on any atom is 0.335 e. The van der Waals surface area contributed by atoms with Crippen LogP contribution in [0.15, 0.2) is 29.2 Å². The Bertz CT molecular complexity index is 628. The molecule has 0 aromatic heterocycles.